The van der Waals surface area contributed by atoms with Crippen LogP contribution in [0.15, 0.2) is 6.07 Å². The largest absolute Gasteiger partial charge is 0.369 e. The quantitative estimate of drug-likeness (QED) is 0.867. The number of hydrogen-bond acceptors (Lipinski definition) is 4. The Morgan fingerprint density at radius 1 is 1.35 bits per heavy atom. The van der Waals surface area contributed by atoms with Crippen LogP contribution in [0.1, 0.15) is 44.3 Å². The molecular formula is C14H19ClN4O. The third-order valence-electron chi connectivity index (χ3n) is 4.22. The minimum Gasteiger partial charge on any atom is -0.369 e. The summed E-state index contributed by atoms with van der Waals surface area (Å²) >= 11 is 6.12. The van der Waals surface area contributed by atoms with Gasteiger partial charge in [-0.3, -0.25) is 4.79 Å². The lowest BCUT2D eigenvalue weighted by Crippen LogP contribution is -2.46. The normalized spacial score (nSPS) is 26.6. The number of aromatic nitrogens is 2. The molecular weight excluding hydrogens is 276 g/mol. The average molecular weight is 295 g/mol. The fourth-order valence-electron chi connectivity index (χ4n) is 2.75. The molecule has 6 heteroatoms. The van der Waals surface area contributed by atoms with E-state index in [-0.39, 0.29) is 11.8 Å². The van der Waals surface area contributed by atoms with Crippen LogP contribution in [0.3, 0.4) is 0 Å². The Morgan fingerprint density at radius 2 is 2.10 bits per heavy atom. The van der Waals surface area contributed by atoms with Gasteiger partial charge in [0.05, 0.1) is 5.92 Å². The number of rotatable bonds is 3. The van der Waals surface area contributed by atoms with E-state index >= 15 is 0 Å². The number of primary amides is 1. The van der Waals surface area contributed by atoms with Gasteiger partial charge in [-0.25, -0.2) is 9.97 Å². The summed E-state index contributed by atoms with van der Waals surface area (Å²) in [7, 11) is 0. The summed E-state index contributed by atoms with van der Waals surface area (Å²) in [4.78, 5) is 22.5. The number of nitrogens with zero attached hydrogens (tertiary/aromatic N) is 3. The highest BCUT2D eigenvalue weighted by Gasteiger charge is 2.32. The first-order valence-electron chi connectivity index (χ1n) is 7.15. The smallest absolute Gasteiger partial charge is 0.222 e. The van der Waals surface area contributed by atoms with Crippen molar-refractivity contribution >= 4 is 23.3 Å². The average Bonchev–Trinajstić information content (AvgIpc) is 3.22. The van der Waals surface area contributed by atoms with Gasteiger partial charge in [0.25, 0.3) is 0 Å². The molecule has 0 radical (unpaired) electrons. The van der Waals surface area contributed by atoms with Crippen molar-refractivity contribution in [2.24, 2.45) is 11.7 Å². The van der Waals surface area contributed by atoms with Crippen molar-refractivity contribution in [1.82, 2.24) is 9.97 Å². The van der Waals surface area contributed by atoms with E-state index in [1.165, 1.54) is 0 Å². The predicted octanol–water partition coefficient (Wildman–Crippen LogP) is 2.10. The van der Waals surface area contributed by atoms with Crippen LogP contribution in [0, 0.1) is 5.92 Å². The summed E-state index contributed by atoms with van der Waals surface area (Å²) in [5.41, 5.74) is 5.45. The number of carbonyl (C=O) groups excluding carboxylic acids is 1. The zero-order valence-corrected chi connectivity index (χ0v) is 12.3. The van der Waals surface area contributed by atoms with E-state index in [4.69, 9.17) is 17.3 Å². The molecule has 5 nitrogen and oxygen atoms in total. The highest BCUT2D eigenvalue weighted by Crippen LogP contribution is 2.39. The third-order valence-corrected chi connectivity index (χ3v) is 4.41. The number of halogens is 1. The van der Waals surface area contributed by atoms with Crippen LogP contribution in [0.5, 0.6) is 0 Å². The molecule has 20 heavy (non-hydrogen) atoms. The van der Waals surface area contributed by atoms with E-state index < -0.39 is 0 Å². The zero-order valence-electron chi connectivity index (χ0n) is 11.6. The maximum atomic E-state index is 11.4. The van der Waals surface area contributed by atoms with E-state index in [1.807, 2.05) is 0 Å². The van der Waals surface area contributed by atoms with Gasteiger partial charge in [0.1, 0.15) is 16.8 Å². The van der Waals surface area contributed by atoms with Crippen LogP contribution < -0.4 is 10.6 Å². The molecule has 2 unspecified atom stereocenters. The van der Waals surface area contributed by atoms with Crippen LogP contribution in [-0.2, 0) is 4.79 Å². The Kier molecular flexibility index (Phi) is 3.54. The molecule has 1 saturated heterocycles. The van der Waals surface area contributed by atoms with Gasteiger partial charge < -0.3 is 10.6 Å². The van der Waals surface area contributed by atoms with E-state index in [2.05, 4.69) is 21.8 Å². The summed E-state index contributed by atoms with van der Waals surface area (Å²) in [6.45, 7) is 2.76. The molecule has 1 aliphatic carbocycles. The number of hydrogen-bond donors (Lipinski definition) is 1. The van der Waals surface area contributed by atoms with Gasteiger partial charge in [-0.2, -0.15) is 0 Å². The second-order valence-electron chi connectivity index (χ2n) is 5.86. The highest BCUT2D eigenvalue weighted by molar-refractivity contribution is 6.29. The number of piperidine rings is 1. The molecule has 2 heterocycles. The van der Waals surface area contributed by atoms with Gasteiger partial charge >= 0.3 is 0 Å². The predicted molar refractivity (Wildman–Crippen MR) is 77.7 cm³/mol. The first kappa shape index (κ1) is 13.6. The summed E-state index contributed by atoms with van der Waals surface area (Å²) in [6.07, 6.45) is 4.06. The minimum atomic E-state index is -0.232. The third kappa shape index (κ3) is 2.73. The summed E-state index contributed by atoms with van der Waals surface area (Å²) in [5, 5.41) is 0.477. The van der Waals surface area contributed by atoms with Crippen molar-refractivity contribution in [2.75, 3.05) is 11.4 Å². The maximum Gasteiger partial charge on any atom is 0.222 e. The molecule has 108 valence electrons. The van der Waals surface area contributed by atoms with Gasteiger partial charge in [0.2, 0.25) is 5.91 Å². The van der Waals surface area contributed by atoms with Crippen LogP contribution in [0.25, 0.3) is 0 Å². The van der Waals surface area contributed by atoms with Gasteiger partial charge in [0.15, 0.2) is 0 Å². The number of carbonyl (C=O) groups is 1. The number of nitrogens with two attached hydrogens (primary N) is 1. The van der Waals surface area contributed by atoms with Crippen molar-refractivity contribution in [3.8, 4) is 0 Å². The van der Waals surface area contributed by atoms with Crippen LogP contribution in [-0.4, -0.2) is 28.5 Å². The first-order chi connectivity index (χ1) is 9.54. The number of anilines is 1. The van der Waals surface area contributed by atoms with Gasteiger partial charge in [0, 0.05) is 24.6 Å². The van der Waals surface area contributed by atoms with E-state index in [1.54, 1.807) is 6.07 Å². The Bertz CT molecular complexity index is 532. The highest BCUT2D eigenvalue weighted by atomic mass is 35.5. The molecule has 2 N–H and O–H groups in total. The van der Waals surface area contributed by atoms with E-state index in [0.29, 0.717) is 23.7 Å². The SMILES string of the molecule is CC1CCC(C(N)=O)CN1c1cc(Cl)nc(C2CC2)n1. The monoisotopic (exact) mass is 294 g/mol. The van der Waals surface area contributed by atoms with Crippen molar-refractivity contribution in [2.45, 2.75) is 44.6 Å². The lowest BCUT2D eigenvalue weighted by molar-refractivity contribution is -0.122. The summed E-state index contributed by atoms with van der Waals surface area (Å²) < 4.78 is 0. The molecule has 2 aliphatic rings. The Balaban J connectivity index is 1.87. The first-order valence-corrected chi connectivity index (χ1v) is 7.53. The van der Waals surface area contributed by atoms with Crippen molar-refractivity contribution in [3.05, 3.63) is 17.0 Å². The van der Waals surface area contributed by atoms with Crippen LogP contribution in [0.4, 0.5) is 5.82 Å². The molecule has 0 aromatic carbocycles. The Labute approximate surface area is 123 Å². The molecule has 1 aliphatic heterocycles. The number of amides is 1. The molecule has 2 fully saturated rings. The van der Waals surface area contributed by atoms with Gasteiger partial charge in [-0.1, -0.05) is 11.6 Å². The summed E-state index contributed by atoms with van der Waals surface area (Å²) in [5.74, 6) is 1.78. The lowest BCUT2D eigenvalue weighted by Gasteiger charge is -2.37. The van der Waals surface area contributed by atoms with Crippen molar-refractivity contribution in [3.63, 3.8) is 0 Å². The Morgan fingerprint density at radius 3 is 2.75 bits per heavy atom. The molecule has 3 rings (SSSR count). The van der Waals surface area contributed by atoms with Crippen molar-refractivity contribution < 1.29 is 4.79 Å². The molecule has 1 aromatic rings. The zero-order chi connectivity index (χ0) is 14.3. The molecule has 1 aromatic heterocycles. The Hall–Kier alpha value is -1.36. The molecule has 1 amide bonds. The molecule has 1 saturated carbocycles. The van der Waals surface area contributed by atoms with E-state index in [9.17, 15) is 4.79 Å². The standard InChI is InChI=1S/C14H19ClN4O/c1-8-2-3-10(13(16)20)7-19(8)12-6-11(15)17-14(18-12)9-4-5-9/h6,8-10H,2-5,7H2,1H3,(H2,16,20). The maximum absolute atomic E-state index is 11.4. The van der Waals surface area contributed by atoms with Gasteiger partial charge in [-0.15, -0.1) is 0 Å². The molecule has 0 bridgehead atoms. The van der Waals surface area contributed by atoms with Crippen LogP contribution in [0.2, 0.25) is 5.15 Å². The second-order valence-corrected chi connectivity index (χ2v) is 6.25. The topological polar surface area (TPSA) is 72.1 Å². The van der Waals surface area contributed by atoms with Crippen molar-refractivity contribution in [1.29, 1.82) is 0 Å². The molecule has 0 spiro atoms. The summed E-state index contributed by atoms with van der Waals surface area (Å²) in [6, 6.07) is 2.12. The van der Waals surface area contributed by atoms with Gasteiger partial charge in [-0.05, 0) is 32.6 Å². The molecule has 2 atom stereocenters. The van der Waals surface area contributed by atoms with E-state index in [0.717, 1.165) is 37.3 Å². The fourth-order valence-corrected chi connectivity index (χ4v) is 2.94. The second kappa shape index (κ2) is 5.20. The minimum absolute atomic E-state index is 0.107. The fraction of sp³-hybridized carbons (Fsp3) is 0.643. The van der Waals surface area contributed by atoms with Crippen LogP contribution >= 0.6 is 11.6 Å². The lowest BCUT2D eigenvalue weighted by atomic mass is 9.93.